The summed E-state index contributed by atoms with van der Waals surface area (Å²) < 4.78 is 7.36. The van der Waals surface area contributed by atoms with Gasteiger partial charge in [0, 0.05) is 27.0 Å². The molecule has 1 aliphatic rings. The second kappa shape index (κ2) is 9.30. The second-order valence-electron chi connectivity index (χ2n) is 7.35. The third-order valence-electron chi connectivity index (χ3n) is 5.13. The zero-order chi connectivity index (χ0) is 21.9. The Morgan fingerprint density at radius 1 is 1.12 bits per heavy atom. The minimum absolute atomic E-state index is 0.452. The molecule has 5 rings (SSSR count). The number of fused-ring (bicyclic) bond motifs is 3. The van der Waals surface area contributed by atoms with Crippen LogP contribution in [0.4, 0.5) is 5.69 Å². The van der Waals surface area contributed by atoms with E-state index in [1.54, 1.807) is 18.0 Å². The molecule has 0 amide bonds. The van der Waals surface area contributed by atoms with Gasteiger partial charge in [0.05, 0.1) is 17.5 Å². The van der Waals surface area contributed by atoms with Gasteiger partial charge in [0.25, 0.3) is 0 Å². The Labute approximate surface area is 198 Å². The molecule has 0 bridgehead atoms. The quantitative estimate of drug-likeness (QED) is 0.240. The minimum Gasteiger partial charge on any atom is -0.448 e. The predicted molar refractivity (Wildman–Crippen MR) is 130 cm³/mol. The summed E-state index contributed by atoms with van der Waals surface area (Å²) in [7, 11) is 0. The first-order valence-electron chi connectivity index (χ1n) is 10.4. The third-order valence-corrected chi connectivity index (χ3v) is 6.55. The molecule has 32 heavy (non-hydrogen) atoms. The van der Waals surface area contributed by atoms with E-state index < -0.39 is 6.23 Å². The minimum atomic E-state index is -0.504. The number of nitrogens with zero attached hydrogens (tertiary/aromatic N) is 4. The van der Waals surface area contributed by atoms with Gasteiger partial charge in [-0.2, -0.15) is 10.1 Å². The normalized spacial score (nSPS) is 14.6. The zero-order valence-electron chi connectivity index (χ0n) is 17.4. The molecular weight excluding hydrogens is 488 g/mol. The molecule has 0 fully saturated rings. The van der Waals surface area contributed by atoms with Crippen molar-refractivity contribution < 1.29 is 4.74 Å². The molecule has 1 atom stereocenters. The maximum atomic E-state index is 6.42. The van der Waals surface area contributed by atoms with Crippen molar-refractivity contribution in [2.75, 3.05) is 11.1 Å². The molecule has 2 aromatic carbocycles. The monoisotopic (exact) mass is 508 g/mol. The molecule has 3 heterocycles. The summed E-state index contributed by atoms with van der Waals surface area (Å²) in [4.78, 5) is 4.72. The Bertz CT molecular complexity index is 1230. The first-order chi connectivity index (χ1) is 15.7. The van der Waals surface area contributed by atoms with Crippen LogP contribution in [0.3, 0.4) is 0 Å². The molecule has 0 saturated heterocycles. The van der Waals surface area contributed by atoms with Gasteiger partial charge in [-0.05, 0) is 24.6 Å². The number of unbranched alkanes of at least 4 members (excludes halogenated alkanes) is 1. The molecule has 1 unspecified atom stereocenters. The molecular formula is C23H21BrN6OS. The number of nitrogens with one attached hydrogen (secondary N) is 2. The van der Waals surface area contributed by atoms with E-state index >= 15 is 0 Å². The van der Waals surface area contributed by atoms with Crippen molar-refractivity contribution in [2.24, 2.45) is 0 Å². The van der Waals surface area contributed by atoms with Gasteiger partial charge in [-0.25, -0.2) is 0 Å². The molecule has 9 heteroatoms. The van der Waals surface area contributed by atoms with E-state index in [4.69, 9.17) is 9.72 Å². The number of benzene rings is 2. The van der Waals surface area contributed by atoms with E-state index in [9.17, 15) is 0 Å². The van der Waals surface area contributed by atoms with E-state index in [0.29, 0.717) is 16.7 Å². The van der Waals surface area contributed by atoms with Crippen LogP contribution in [0.25, 0.3) is 22.5 Å². The van der Waals surface area contributed by atoms with Gasteiger partial charge in [0.1, 0.15) is 0 Å². The summed E-state index contributed by atoms with van der Waals surface area (Å²) in [6.45, 7) is 2.17. The number of thioether (sulfide) groups is 1. The van der Waals surface area contributed by atoms with Gasteiger partial charge in [-0.1, -0.05) is 71.4 Å². The fourth-order valence-electron chi connectivity index (χ4n) is 3.51. The highest BCUT2D eigenvalue weighted by molar-refractivity contribution is 9.10. The summed E-state index contributed by atoms with van der Waals surface area (Å²) in [6, 6.07) is 16.1. The molecule has 0 spiro atoms. The molecule has 1 aliphatic heterocycles. The van der Waals surface area contributed by atoms with Crippen LogP contribution < -0.4 is 10.1 Å². The van der Waals surface area contributed by atoms with Gasteiger partial charge in [0.15, 0.2) is 5.69 Å². The molecule has 0 radical (unpaired) electrons. The van der Waals surface area contributed by atoms with Gasteiger partial charge in [-0.15, -0.1) is 10.2 Å². The largest absolute Gasteiger partial charge is 0.448 e. The summed E-state index contributed by atoms with van der Waals surface area (Å²) >= 11 is 5.16. The number of halogens is 1. The Morgan fingerprint density at radius 3 is 2.84 bits per heavy atom. The van der Waals surface area contributed by atoms with Crippen molar-refractivity contribution >= 4 is 33.4 Å². The van der Waals surface area contributed by atoms with Crippen LogP contribution in [-0.4, -0.2) is 31.1 Å². The predicted octanol–water partition coefficient (Wildman–Crippen LogP) is 6.09. The SMILES string of the molecule is CCCCSc1nnc2c(n1)OC(c1cn[nH]c1-c1ccccc1)Nc1ccc(Br)cc1-2. The fraction of sp³-hybridized carbons (Fsp3) is 0.217. The van der Waals surface area contributed by atoms with Crippen molar-refractivity contribution in [3.8, 4) is 28.4 Å². The first-order valence-corrected chi connectivity index (χ1v) is 12.2. The van der Waals surface area contributed by atoms with Crippen LogP contribution in [0.5, 0.6) is 5.88 Å². The highest BCUT2D eigenvalue weighted by atomic mass is 79.9. The highest BCUT2D eigenvalue weighted by Crippen LogP contribution is 2.42. The standard InChI is InChI=1S/C23H21BrN6OS/c1-2-3-11-32-23-27-22-20(29-30-23)16-12-15(24)9-10-18(16)26-21(31-22)17-13-25-28-19(17)14-7-5-4-6-8-14/h4-10,12-13,21,26H,2-3,11H2,1H3,(H,25,28). The third kappa shape index (κ3) is 4.22. The maximum Gasteiger partial charge on any atom is 0.247 e. The number of hydrogen-bond donors (Lipinski definition) is 2. The van der Waals surface area contributed by atoms with Crippen LogP contribution in [0, 0.1) is 0 Å². The van der Waals surface area contributed by atoms with E-state index in [1.807, 2.05) is 48.5 Å². The van der Waals surface area contributed by atoms with Crippen LogP contribution in [0.1, 0.15) is 31.6 Å². The topological polar surface area (TPSA) is 88.6 Å². The molecule has 162 valence electrons. The Morgan fingerprint density at radius 2 is 2.00 bits per heavy atom. The lowest BCUT2D eigenvalue weighted by Crippen LogP contribution is -2.17. The summed E-state index contributed by atoms with van der Waals surface area (Å²) in [6.07, 6.45) is 3.50. The van der Waals surface area contributed by atoms with E-state index in [-0.39, 0.29) is 0 Å². The number of aromatic nitrogens is 5. The van der Waals surface area contributed by atoms with Crippen LogP contribution in [0.15, 0.2) is 64.4 Å². The Balaban J connectivity index is 1.58. The number of aromatic amines is 1. The van der Waals surface area contributed by atoms with Crippen molar-refractivity contribution in [3.05, 3.63) is 64.8 Å². The average Bonchev–Trinajstić information content (AvgIpc) is 3.25. The van der Waals surface area contributed by atoms with Crippen LogP contribution in [0.2, 0.25) is 0 Å². The van der Waals surface area contributed by atoms with Crippen molar-refractivity contribution in [1.82, 2.24) is 25.4 Å². The summed E-state index contributed by atoms with van der Waals surface area (Å²) in [5, 5.41) is 20.4. The lowest BCUT2D eigenvalue weighted by atomic mass is 10.1. The molecule has 0 saturated carbocycles. The summed E-state index contributed by atoms with van der Waals surface area (Å²) in [5.41, 5.74) is 5.19. The fourth-order valence-corrected chi connectivity index (χ4v) is 4.73. The van der Waals surface area contributed by atoms with Crippen LogP contribution in [-0.2, 0) is 0 Å². The molecule has 2 N–H and O–H groups in total. The van der Waals surface area contributed by atoms with Gasteiger partial charge in [-0.3, -0.25) is 5.10 Å². The van der Waals surface area contributed by atoms with E-state index in [0.717, 1.165) is 51.1 Å². The summed E-state index contributed by atoms with van der Waals surface area (Å²) in [5.74, 6) is 1.40. The zero-order valence-corrected chi connectivity index (χ0v) is 19.8. The number of ether oxygens (including phenoxy) is 1. The number of H-pyrrole nitrogens is 1. The number of hydrogen-bond acceptors (Lipinski definition) is 7. The molecule has 7 nitrogen and oxygen atoms in total. The van der Waals surface area contributed by atoms with Crippen molar-refractivity contribution in [2.45, 2.75) is 31.1 Å². The lowest BCUT2D eigenvalue weighted by Gasteiger charge is -2.19. The molecule has 2 aromatic heterocycles. The second-order valence-corrected chi connectivity index (χ2v) is 9.33. The van der Waals surface area contributed by atoms with Crippen molar-refractivity contribution in [3.63, 3.8) is 0 Å². The number of anilines is 1. The first kappa shape index (κ1) is 21.0. The average molecular weight is 509 g/mol. The smallest absolute Gasteiger partial charge is 0.247 e. The molecule has 4 aromatic rings. The van der Waals surface area contributed by atoms with Crippen molar-refractivity contribution in [1.29, 1.82) is 0 Å². The van der Waals surface area contributed by atoms with Gasteiger partial charge < -0.3 is 10.1 Å². The Hall–Kier alpha value is -2.91. The number of rotatable bonds is 6. The highest BCUT2D eigenvalue weighted by Gasteiger charge is 2.29. The van der Waals surface area contributed by atoms with Gasteiger partial charge in [0.2, 0.25) is 17.3 Å². The van der Waals surface area contributed by atoms with E-state index in [1.165, 1.54) is 0 Å². The molecule has 0 aliphatic carbocycles. The van der Waals surface area contributed by atoms with Crippen LogP contribution >= 0.6 is 27.7 Å². The lowest BCUT2D eigenvalue weighted by molar-refractivity contribution is 0.226. The van der Waals surface area contributed by atoms with Gasteiger partial charge >= 0.3 is 0 Å². The Kier molecular flexibility index (Phi) is 6.09. The van der Waals surface area contributed by atoms with E-state index in [2.05, 4.69) is 48.6 Å². The maximum absolute atomic E-state index is 6.42.